The van der Waals surface area contributed by atoms with E-state index < -0.39 is 6.10 Å². The van der Waals surface area contributed by atoms with E-state index in [1.807, 2.05) is 13.8 Å². The molecule has 0 bridgehead atoms. The van der Waals surface area contributed by atoms with Crippen molar-refractivity contribution in [3.8, 4) is 0 Å². The largest absolute Gasteiger partial charge is 0.394 e. The highest BCUT2D eigenvalue weighted by Crippen LogP contribution is 2.27. The molecule has 2 N–H and O–H groups in total. The van der Waals surface area contributed by atoms with Crippen LogP contribution in [0.15, 0.2) is 4.52 Å². The fourth-order valence-electron chi connectivity index (χ4n) is 0.956. The summed E-state index contributed by atoms with van der Waals surface area (Å²) in [5.41, 5.74) is 0. The van der Waals surface area contributed by atoms with Crippen LogP contribution in [0.4, 0.5) is 0 Å². The first-order valence-electron chi connectivity index (χ1n) is 4.90. The molecule has 0 aromatic carbocycles. The maximum Gasteiger partial charge on any atom is 0.239 e. The first-order chi connectivity index (χ1) is 7.17. The number of hydrogen-bond donors (Lipinski definition) is 2. The van der Waals surface area contributed by atoms with Gasteiger partial charge in [-0.1, -0.05) is 12.1 Å². The minimum Gasteiger partial charge on any atom is -0.394 e. The molecule has 0 aliphatic carbocycles. The normalized spacial score (nSPS) is 15.2. The quantitative estimate of drug-likeness (QED) is 0.754. The first kappa shape index (κ1) is 12.5. The highest BCUT2D eigenvalue weighted by atomic mass is 32.2. The minimum absolute atomic E-state index is 0.0407. The van der Waals surface area contributed by atoms with E-state index in [1.54, 1.807) is 0 Å². The molecule has 0 saturated heterocycles. The molecule has 0 aliphatic heterocycles. The second kappa shape index (κ2) is 6.09. The SMILES string of the molecule is CCc1noc([C@@H](C)SC[C@@H](O)CO)n1. The summed E-state index contributed by atoms with van der Waals surface area (Å²) in [7, 11) is 0. The van der Waals surface area contributed by atoms with Gasteiger partial charge in [-0.15, -0.1) is 11.8 Å². The van der Waals surface area contributed by atoms with Crippen molar-refractivity contribution in [1.82, 2.24) is 10.1 Å². The van der Waals surface area contributed by atoms with Gasteiger partial charge in [-0.2, -0.15) is 4.98 Å². The predicted octanol–water partition coefficient (Wildman–Crippen LogP) is 0.779. The van der Waals surface area contributed by atoms with Gasteiger partial charge in [-0.3, -0.25) is 0 Å². The van der Waals surface area contributed by atoms with Crippen LogP contribution in [0.3, 0.4) is 0 Å². The maximum absolute atomic E-state index is 9.17. The zero-order valence-corrected chi connectivity index (χ0v) is 9.70. The Morgan fingerprint density at radius 2 is 2.27 bits per heavy atom. The number of aliphatic hydroxyl groups is 2. The molecule has 1 rings (SSSR count). The van der Waals surface area contributed by atoms with Crippen LogP contribution >= 0.6 is 11.8 Å². The molecule has 0 amide bonds. The number of nitrogens with zero attached hydrogens (tertiary/aromatic N) is 2. The average Bonchev–Trinajstić information content (AvgIpc) is 2.73. The van der Waals surface area contributed by atoms with E-state index in [4.69, 9.17) is 14.7 Å². The maximum atomic E-state index is 9.17. The fraction of sp³-hybridized carbons (Fsp3) is 0.778. The smallest absolute Gasteiger partial charge is 0.239 e. The van der Waals surface area contributed by atoms with Gasteiger partial charge in [0.1, 0.15) is 0 Å². The van der Waals surface area contributed by atoms with Crippen LogP contribution in [-0.4, -0.2) is 38.8 Å². The highest BCUT2D eigenvalue weighted by molar-refractivity contribution is 7.99. The third-order valence-electron chi connectivity index (χ3n) is 1.90. The van der Waals surface area contributed by atoms with Crippen LogP contribution < -0.4 is 0 Å². The lowest BCUT2D eigenvalue weighted by molar-refractivity contribution is 0.113. The van der Waals surface area contributed by atoms with Crippen LogP contribution in [0.5, 0.6) is 0 Å². The Morgan fingerprint density at radius 3 is 2.80 bits per heavy atom. The van der Waals surface area contributed by atoms with Crippen LogP contribution in [0.25, 0.3) is 0 Å². The molecule has 1 heterocycles. The molecule has 0 radical (unpaired) electrons. The Bertz CT molecular complexity index is 293. The predicted molar refractivity (Wildman–Crippen MR) is 57.6 cm³/mol. The lowest BCUT2D eigenvalue weighted by atomic mass is 10.4. The van der Waals surface area contributed by atoms with Gasteiger partial charge in [0.05, 0.1) is 18.0 Å². The number of aryl methyl sites for hydroxylation is 1. The van der Waals surface area contributed by atoms with Crippen LogP contribution in [-0.2, 0) is 6.42 Å². The van der Waals surface area contributed by atoms with Crippen molar-refractivity contribution in [2.45, 2.75) is 31.6 Å². The van der Waals surface area contributed by atoms with Crippen molar-refractivity contribution in [1.29, 1.82) is 0 Å². The topological polar surface area (TPSA) is 79.4 Å². The molecule has 0 aliphatic rings. The van der Waals surface area contributed by atoms with E-state index >= 15 is 0 Å². The van der Waals surface area contributed by atoms with Crippen LogP contribution in [0, 0.1) is 0 Å². The monoisotopic (exact) mass is 232 g/mol. The number of rotatable bonds is 6. The van der Waals surface area contributed by atoms with E-state index in [1.165, 1.54) is 11.8 Å². The number of hydrogen-bond acceptors (Lipinski definition) is 6. The molecule has 86 valence electrons. The molecule has 0 fully saturated rings. The Hall–Kier alpha value is -0.590. The van der Waals surface area contributed by atoms with Crippen molar-refractivity contribution in [3.05, 3.63) is 11.7 Å². The standard InChI is InChI=1S/C9H16N2O3S/c1-3-8-10-9(14-11-8)6(2)15-5-7(13)4-12/h6-7,12-13H,3-5H2,1-2H3/t6-,7+/m1/s1. The Morgan fingerprint density at radius 1 is 1.53 bits per heavy atom. The van der Waals surface area contributed by atoms with E-state index in [9.17, 15) is 0 Å². The van der Waals surface area contributed by atoms with Gasteiger partial charge >= 0.3 is 0 Å². The summed E-state index contributed by atoms with van der Waals surface area (Å²) in [5, 5.41) is 21.6. The molecule has 0 saturated carbocycles. The Labute approximate surface area is 92.9 Å². The molecular weight excluding hydrogens is 216 g/mol. The average molecular weight is 232 g/mol. The summed E-state index contributed by atoms with van der Waals surface area (Å²) in [5.74, 6) is 1.73. The molecule has 5 nitrogen and oxygen atoms in total. The lowest BCUT2D eigenvalue weighted by Gasteiger charge is -2.09. The molecular formula is C9H16N2O3S. The second-order valence-electron chi connectivity index (χ2n) is 3.21. The van der Waals surface area contributed by atoms with Crippen LogP contribution in [0.1, 0.15) is 30.8 Å². The van der Waals surface area contributed by atoms with E-state index in [0.717, 1.165) is 6.42 Å². The second-order valence-corrected chi connectivity index (χ2v) is 4.59. The summed E-state index contributed by atoms with van der Waals surface area (Å²) in [6.07, 6.45) is 0.0613. The molecule has 1 aromatic heterocycles. The summed E-state index contributed by atoms with van der Waals surface area (Å²) >= 11 is 1.48. The van der Waals surface area contributed by atoms with Crippen molar-refractivity contribution < 1.29 is 14.7 Å². The summed E-state index contributed by atoms with van der Waals surface area (Å²) in [6, 6.07) is 0. The number of aliphatic hydroxyl groups excluding tert-OH is 2. The summed E-state index contributed by atoms with van der Waals surface area (Å²) in [6.45, 7) is 3.67. The van der Waals surface area contributed by atoms with Gasteiger partial charge in [0.15, 0.2) is 5.82 Å². The van der Waals surface area contributed by atoms with Crippen molar-refractivity contribution in [2.24, 2.45) is 0 Å². The van der Waals surface area contributed by atoms with Crippen molar-refractivity contribution in [3.63, 3.8) is 0 Å². The fourth-order valence-corrected chi connectivity index (χ4v) is 1.81. The lowest BCUT2D eigenvalue weighted by Crippen LogP contribution is -2.15. The van der Waals surface area contributed by atoms with Gasteiger partial charge in [0.25, 0.3) is 0 Å². The Kier molecular flexibility index (Phi) is 5.07. The third kappa shape index (κ3) is 3.81. The molecule has 0 unspecified atom stereocenters. The number of thioether (sulfide) groups is 1. The van der Waals surface area contributed by atoms with Gasteiger partial charge in [-0.05, 0) is 6.92 Å². The van der Waals surface area contributed by atoms with E-state index in [2.05, 4.69) is 10.1 Å². The zero-order valence-electron chi connectivity index (χ0n) is 8.88. The first-order valence-corrected chi connectivity index (χ1v) is 5.95. The van der Waals surface area contributed by atoms with Crippen LogP contribution in [0.2, 0.25) is 0 Å². The molecule has 0 spiro atoms. The molecule has 15 heavy (non-hydrogen) atoms. The Balaban J connectivity index is 2.42. The molecule has 1 aromatic rings. The van der Waals surface area contributed by atoms with Gasteiger partial charge < -0.3 is 14.7 Å². The third-order valence-corrected chi connectivity index (χ3v) is 3.18. The minimum atomic E-state index is -0.689. The number of aromatic nitrogens is 2. The zero-order chi connectivity index (χ0) is 11.3. The van der Waals surface area contributed by atoms with Crippen molar-refractivity contribution in [2.75, 3.05) is 12.4 Å². The van der Waals surface area contributed by atoms with E-state index in [-0.39, 0.29) is 11.9 Å². The van der Waals surface area contributed by atoms with E-state index in [0.29, 0.717) is 17.5 Å². The molecule has 2 atom stereocenters. The highest BCUT2D eigenvalue weighted by Gasteiger charge is 2.15. The molecule has 6 heteroatoms. The van der Waals surface area contributed by atoms with Gasteiger partial charge in [0.2, 0.25) is 5.89 Å². The summed E-state index contributed by atoms with van der Waals surface area (Å²) < 4.78 is 5.06. The van der Waals surface area contributed by atoms with Gasteiger partial charge in [0, 0.05) is 12.2 Å². The van der Waals surface area contributed by atoms with Gasteiger partial charge in [-0.25, -0.2) is 0 Å². The van der Waals surface area contributed by atoms with Crippen molar-refractivity contribution >= 4 is 11.8 Å². The summed E-state index contributed by atoms with van der Waals surface area (Å²) in [4.78, 5) is 4.19.